The number of nitrogens with zero attached hydrogens (tertiary/aromatic N) is 4. The molecule has 1 saturated heterocycles. The minimum absolute atomic E-state index is 0.265. The van der Waals surface area contributed by atoms with Gasteiger partial charge in [0, 0.05) is 13.1 Å². The van der Waals surface area contributed by atoms with Gasteiger partial charge in [-0.1, -0.05) is 0 Å². The molecule has 20 heavy (non-hydrogen) atoms. The molecule has 0 bridgehead atoms. The van der Waals surface area contributed by atoms with E-state index in [0.29, 0.717) is 23.5 Å². The van der Waals surface area contributed by atoms with Crippen molar-refractivity contribution in [3.63, 3.8) is 0 Å². The smallest absolute Gasteiger partial charge is 0.410 e. The number of imidazole rings is 1. The van der Waals surface area contributed by atoms with Crippen molar-refractivity contribution in [3.05, 3.63) is 17.0 Å². The number of aromatic nitrogens is 3. The highest BCUT2D eigenvalue weighted by atomic mass is 79.9. The Hall–Kier alpha value is -1.87. The number of fused-ring (bicyclic) bond motifs is 1. The first kappa shape index (κ1) is 13.1. The Kier molecular flexibility index (Phi) is 3.45. The molecule has 1 amide bonds. The second kappa shape index (κ2) is 5.25. The van der Waals surface area contributed by atoms with E-state index in [1.807, 2.05) is 0 Å². The number of hydrogen-bond acceptors (Lipinski definition) is 5. The molecule has 106 valence electrons. The third-order valence-electron chi connectivity index (χ3n) is 2.98. The van der Waals surface area contributed by atoms with Gasteiger partial charge in [0.15, 0.2) is 17.3 Å². The molecule has 0 radical (unpaired) electrons. The summed E-state index contributed by atoms with van der Waals surface area (Å²) < 4.78 is 7.78. The van der Waals surface area contributed by atoms with Crippen LogP contribution in [0.4, 0.5) is 16.4 Å². The van der Waals surface area contributed by atoms with E-state index in [2.05, 4.69) is 36.1 Å². The Morgan fingerprint density at radius 1 is 1.45 bits per heavy atom. The fraction of sp³-hybridized carbons (Fsp3) is 0.364. The maximum Gasteiger partial charge on any atom is 0.410 e. The number of hydrogen-bond donors (Lipinski definition) is 2. The number of anilines is 2. The van der Waals surface area contributed by atoms with Gasteiger partial charge < -0.3 is 14.7 Å². The third kappa shape index (κ3) is 2.41. The summed E-state index contributed by atoms with van der Waals surface area (Å²) in [5.74, 6) is 0.982. The number of halogens is 1. The van der Waals surface area contributed by atoms with Crippen LogP contribution in [0.2, 0.25) is 0 Å². The lowest BCUT2D eigenvalue weighted by Crippen LogP contribution is -2.37. The van der Waals surface area contributed by atoms with Crippen molar-refractivity contribution in [2.45, 2.75) is 0 Å². The number of carbonyl (C=O) groups is 1. The molecule has 0 saturated carbocycles. The summed E-state index contributed by atoms with van der Waals surface area (Å²) in [6.45, 7) is 2.76. The Labute approximate surface area is 122 Å². The van der Waals surface area contributed by atoms with E-state index >= 15 is 0 Å². The first-order valence-corrected chi connectivity index (χ1v) is 6.80. The molecule has 3 rings (SSSR count). The molecule has 1 fully saturated rings. The minimum Gasteiger partial charge on any atom is -0.465 e. The monoisotopic (exact) mass is 341 g/mol. The average Bonchev–Trinajstić information content (AvgIpc) is 2.83. The van der Waals surface area contributed by atoms with Gasteiger partial charge in [0.05, 0.1) is 25.6 Å². The molecule has 0 aliphatic carbocycles. The third-order valence-corrected chi connectivity index (χ3v) is 3.56. The van der Waals surface area contributed by atoms with E-state index < -0.39 is 6.09 Å². The lowest BCUT2D eigenvalue weighted by Gasteiger charge is -2.27. The van der Waals surface area contributed by atoms with E-state index in [0.717, 1.165) is 18.9 Å². The number of amides is 1. The van der Waals surface area contributed by atoms with Crippen molar-refractivity contribution < 1.29 is 14.6 Å². The van der Waals surface area contributed by atoms with E-state index in [9.17, 15) is 4.79 Å². The molecule has 0 aromatic carbocycles. The van der Waals surface area contributed by atoms with E-state index in [1.165, 1.54) is 0 Å². The molecule has 0 atom stereocenters. The first-order chi connectivity index (χ1) is 9.65. The zero-order valence-electron chi connectivity index (χ0n) is 10.4. The fourth-order valence-corrected chi connectivity index (χ4v) is 2.48. The van der Waals surface area contributed by atoms with Gasteiger partial charge >= 0.3 is 6.09 Å². The maximum absolute atomic E-state index is 10.7. The first-order valence-electron chi connectivity index (χ1n) is 6.01. The zero-order valence-corrected chi connectivity index (χ0v) is 12.0. The van der Waals surface area contributed by atoms with Gasteiger partial charge in [-0.15, -0.1) is 0 Å². The van der Waals surface area contributed by atoms with Gasteiger partial charge in [0.25, 0.3) is 0 Å². The second-order valence-electron chi connectivity index (χ2n) is 4.25. The molecule has 2 aromatic heterocycles. The summed E-state index contributed by atoms with van der Waals surface area (Å²) in [4.78, 5) is 21.4. The Bertz CT molecular complexity index is 653. The predicted octanol–water partition coefficient (Wildman–Crippen LogP) is 1.42. The fourth-order valence-electron chi connectivity index (χ4n) is 2.10. The number of nitrogens with one attached hydrogen (secondary N) is 1. The van der Waals surface area contributed by atoms with E-state index in [-0.39, 0.29) is 5.82 Å². The predicted molar refractivity (Wildman–Crippen MR) is 75.4 cm³/mol. The quantitative estimate of drug-likeness (QED) is 0.858. The van der Waals surface area contributed by atoms with Crippen molar-refractivity contribution >= 4 is 39.3 Å². The van der Waals surface area contributed by atoms with Crippen LogP contribution in [0.1, 0.15) is 0 Å². The molecule has 2 N–H and O–H groups in total. The van der Waals surface area contributed by atoms with Crippen LogP contribution in [0.3, 0.4) is 0 Å². The summed E-state index contributed by atoms with van der Waals surface area (Å²) >= 11 is 3.38. The SMILES string of the molecule is O=C(O)Nc1cn2c(Br)cnc(N3CCOCC3)c2n1. The highest BCUT2D eigenvalue weighted by Gasteiger charge is 2.19. The van der Waals surface area contributed by atoms with Crippen molar-refractivity contribution in [1.82, 2.24) is 14.4 Å². The Morgan fingerprint density at radius 3 is 2.90 bits per heavy atom. The van der Waals surface area contributed by atoms with E-state index in [1.54, 1.807) is 16.8 Å². The molecule has 9 heteroatoms. The van der Waals surface area contributed by atoms with E-state index in [4.69, 9.17) is 9.84 Å². The second-order valence-corrected chi connectivity index (χ2v) is 5.07. The number of ether oxygens (including phenoxy) is 1. The molecule has 1 aliphatic heterocycles. The molecular formula is C11H12BrN5O3. The van der Waals surface area contributed by atoms with Gasteiger partial charge in [0.2, 0.25) is 0 Å². The zero-order chi connectivity index (χ0) is 14.1. The van der Waals surface area contributed by atoms with Gasteiger partial charge in [-0.2, -0.15) is 0 Å². The normalized spacial score (nSPS) is 15.6. The number of carboxylic acid groups (broad SMARTS) is 1. The van der Waals surface area contributed by atoms with Crippen molar-refractivity contribution in [3.8, 4) is 0 Å². The van der Waals surface area contributed by atoms with Crippen LogP contribution in [-0.4, -0.2) is 51.9 Å². The van der Waals surface area contributed by atoms with Crippen molar-refractivity contribution in [1.29, 1.82) is 0 Å². The largest absolute Gasteiger partial charge is 0.465 e. The highest BCUT2D eigenvalue weighted by Crippen LogP contribution is 2.24. The molecule has 1 aliphatic rings. The molecule has 3 heterocycles. The van der Waals surface area contributed by atoms with Crippen LogP contribution in [0.5, 0.6) is 0 Å². The van der Waals surface area contributed by atoms with Crippen LogP contribution in [0.15, 0.2) is 17.0 Å². The molecule has 0 unspecified atom stereocenters. The Morgan fingerprint density at radius 2 is 2.20 bits per heavy atom. The summed E-state index contributed by atoms with van der Waals surface area (Å²) in [5.41, 5.74) is 0.602. The van der Waals surface area contributed by atoms with Crippen LogP contribution < -0.4 is 10.2 Å². The topological polar surface area (TPSA) is 92.0 Å². The van der Waals surface area contributed by atoms with Crippen molar-refractivity contribution in [2.75, 3.05) is 36.5 Å². The van der Waals surface area contributed by atoms with Gasteiger partial charge in [-0.05, 0) is 15.9 Å². The molecular weight excluding hydrogens is 330 g/mol. The molecule has 2 aromatic rings. The lowest BCUT2D eigenvalue weighted by molar-refractivity contribution is 0.122. The number of rotatable bonds is 2. The lowest BCUT2D eigenvalue weighted by atomic mass is 10.4. The average molecular weight is 342 g/mol. The van der Waals surface area contributed by atoms with Crippen LogP contribution in [0, 0.1) is 0 Å². The van der Waals surface area contributed by atoms with Crippen LogP contribution >= 0.6 is 15.9 Å². The van der Waals surface area contributed by atoms with Gasteiger partial charge in [0.1, 0.15) is 4.60 Å². The molecule has 8 nitrogen and oxygen atoms in total. The summed E-state index contributed by atoms with van der Waals surface area (Å²) in [6.07, 6.45) is 2.13. The van der Waals surface area contributed by atoms with Gasteiger partial charge in [-0.25, -0.2) is 14.8 Å². The maximum atomic E-state index is 10.7. The van der Waals surface area contributed by atoms with Crippen LogP contribution in [-0.2, 0) is 4.74 Å². The summed E-state index contributed by atoms with van der Waals surface area (Å²) in [7, 11) is 0. The van der Waals surface area contributed by atoms with Crippen LogP contribution in [0.25, 0.3) is 5.65 Å². The molecule has 0 spiro atoms. The Balaban J connectivity index is 2.05. The number of morpholine rings is 1. The standard InChI is InChI=1S/C11H12BrN5O3/c12-7-5-13-9(16-1-3-20-4-2-16)10-14-8(6-17(7)10)15-11(18)19/h5-6,15H,1-4H2,(H,18,19). The minimum atomic E-state index is -1.15. The van der Waals surface area contributed by atoms with Crippen molar-refractivity contribution in [2.24, 2.45) is 0 Å². The van der Waals surface area contributed by atoms with Gasteiger partial charge in [-0.3, -0.25) is 9.72 Å². The highest BCUT2D eigenvalue weighted by molar-refractivity contribution is 9.10. The summed E-state index contributed by atoms with van der Waals surface area (Å²) in [6, 6.07) is 0. The summed E-state index contributed by atoms with van der Waals surface area (Å²) in [5, 5.41) is 11.0.